The van der Waals surface area contributed by atoms with Gasteiger partial charge in [0.2, 0.25) is 0 Å². The highest BCUT2D eigenvalue weighted by Crippen LogP contribution is 2.43. The first-order valence-corrected chi connectivity index (χ1v) is 4.31. The van der Waals surface area contributed by atoms with E-state index in [-0.39, 0.29) is 18.6 Å². The van der Waals surface area contributed by atoms with Crippen LogP contribution in [0, 0.1) is 12.3 Å². The highest BCUT2D eigenvalue weighted by Gasteiger charge is 2.48. The lowest BCUT2D eigenvalue weighted by atomic mass is 9.89. The summed E-state index contributed by atoms with van der Waals surface area (Å²) in [5, 5.41) is 0. The van der Waals surface area contributed by atoms with Gasteiger partial charge in [-0.25, -0.2) is 0 Å². The Hall–Kier alpha value is -1.15. The summed E-state index contributed by atoms with van der Waals surface area (Å²) in [7, 11) is 0. The molecule has 1 aliphatic carbocycles. The number of rotatable bonds is 0. The molecule has 0 fully saturated rings. The fourth-order valence-corrected chi connectivity index (χ4v) is 1.24. The smallest absolute Gasteiger partial charge is 0.170 e. The summed E-state index contributed by atoms with van der Waals surface area (Å²) < 4.78 is 110. The van der Waals surface area contributed by atoms with Crippen molar-refractivity contribution in [3.63, 3.8) is 0 Å². The number of alkyl halides is 9. The maximum absolute atomic E-state index is 12.2. The van der Waals surface area contributed by atoms with Gasteiger partial charge in [0.25, 0.3) is 0 Å². The number of halogens is 9. The second-order valence-electron chi connectivity index (χ2n) is 3.45. The molecule has 1 unspecified atom stereocenters. The van der Waals surface area contributed by atoms with Crippen LogP contribution in [-0.2, 0) is 0 Å². The van der Waals surface area contributed by atoms with Gasteiger partial charge in [-0.2, -0.15) is 39.5 Å². The van der Waals surface area contributed by atoms with Crippen LogP contribution in [0.25, 0.3) is 0 Å². The van der Waals surface area contributed by atoms with Crippen LogP contribution in [-0.4, -0.2) is 18.5 Å². The van der Waals surface area contributed by atoms with Crippen LogP contribution >= 0.6 is 0 Å². The molecule has 18 heavy (non-hydrogen) atoms. The molecule has 0 saturated heterocycles. The summed E-state index contributed by atoms with van der Waals surface area (Å²) in [5.74, 6) is -2.91. The predicted octanol–water partition coefficient (Wildman–Crippen LogP) is 4.36. The molecule has 0 aliphatic heterocycles. The lowest BCUT2D eigenvalue weighted by molar-refractivity contribution is -0.156. The molecule has 0 aromatic carbocycles. The zero-order chi connectivity index (χ0) is 14.4. The van der Waals surface area contributed by atoms with Gasteiger partial charge in [-0.3, -0.25) is 0 Å². The molecular weight excluding hydrogens is 279 g/mol. The summed E-state index contributed by atoms with van der Waals surface area (Å²) >= 11 is 0. The Morgan fingerprint density at radius 3 is 1.50 bits per heavy atom. The molecule has 1 aliphatic rings. The fourth-order valence-electron chi connectivity index (χ4n) is 1.24. The minimum absolute atomic E-state index is 0.282. The average molecular weight is 283 g/mol. The van der Waals surface area contributed by atoms with E-state index in [1.807, 2.05) is 0 Å². The summed E-state index contributed by atoms with van der Waals surface area (Å²) in [4.78, 5) is 0. The number of hydrogen-bond acceptors (Lipinski definition) is 0. The van der Waals surface area contributed by atoms with E-state index < -0.39 is 35.6 Å². The van der Waals surface area contributed by atoms with Crippen LogP contribution in [0.15, 0.2) is 23.3 Å². The van der Waals surface area contributed by atoms with Crippen molar-refractivity contribution in [2.24, 2.45) is 5.92 Å². The van der Waals surface area contributed by atoms with Crippen molar-refractivity contribution < 1.29 is 39.5 Å². The van der Waals surface area contributed by atoms with E-state index >= 15 is 0 Å². The molecule has 0 aromatic rings. The lowest BCUT2D eigenvalue weighted by Crippen LogP contribution is -2.30. The Morgan fingerprint density at radius 1 is 0.722 bits per heavy atom. The molecule has 0 aromatic heterocycles. The van der Waals surface area contributed by atoms with E-state index in [1.165, 1.54) is 0 Å². The topological polar surface area (TPSA) is 0 Å². The van der Waals surface area contributed by atoms with Crippen LogP contribution in [0.5, 0.6) is 0 Å². The van der Waals surface area contributed by atoms with Gasteiger partial charge in [-0.1, -0.05) is 6.08 Å². The third-order valence-corrected chi connectivity index (χ3v) is 2.06. The maximum atomic E-state index is 12.2. The highest BCUT2D eigenvalue weighted by atomic mass is 19.4. The SMILES string of the molecule is FC(F)(F)C1=CC(C(F)(F)F)=CC(C(F)(F)F)[CH]1. The van der Waals surface area contributed by atoms with Gasteiger partial charge < -0.3 is 0 Å². The van der Waals surface area contributed by atoms with Crippen molar-refractivity contribution in [1.82, 2.24) is 0 Å². The molecule has 0 saturated carbocycles. The second kappa shape index (κ2) is 4.20. The monoisotopic (exact) mass is 283 g/mol. The third-order valence-electron chi connectivity index (χ3n) is 2.06. The molecule has 0 bridgehead atoms. The van der Waals surface area contributed by atoms with Crippen molar-refractivity contribution >= 4 is 0 Å². The Bertz CT molecular complexity index is 376. The van der Waals surface area contributed by atoms with Crippen molar-refractivity contribution in [2.45, 2.75) is 18.5 Å². The van der Waals surface area contributed by atoms with Gasteiger partial charge in [0.05, 0.1) is 11.5 Å². The molecule has 0 spiro atoms. The van der Waals surface area contributed by atoms with Gasteiger partial charge in [0, 0.05) is 12.0 Å². The maximum Gasteiger partial charge on any atom is 0.416 e. The van der Waals surface area contributed by atoms with Gasteiger partial charge in [-0.15, -0.1) is 0 Å². The van der Waals surface area contributed by atoms with E-state index in [1.54, 1.807) is 0 Å². The second-order valence-corrected chi connectivity index (χ2v) is 3.45. The Morgan fingerprint density at radius 2 is 1.17 bits per heavy atom. The first-order chi connectivity index (χ1) is 7.82. The molecule has 0 heterocycles. The fraction of sp³-hybridized carbons (Fsp3) is 0.444. The van der Waals surface area contributed by atoms with E-state index in [0.29, 0.717) is 0 Å². The third kappa shape index (κ3) is 3.42. The molecule has 9 heteroatoms. The standard InChI is InChI=1S/C9H4F9/c10-7(11,12)4-1-5(8(13,14)15)3-6(2-4)9(16,17)18/h1-4H. The highest BCUT2D eigenvalue weighted by molar-refractivity contribution is 5.41. The van der Waals surface area contributed by atoms with E-state index in [2.05, 4.69) is 0 Å². The number of hydrogen-bond donors (Lipinski definition) is 0. The summed E-state index contributed by atoms with van der Waals surface area (Å²) in [6, 6.07) is 0. The molecular formula is C9H4F9. The van der Waals surface area contributed by atoms with Gasteiger partial charge in [0.1, 0.15) is 0 Å². The summed E-state index contributed by atoms with van der Waals surface area (Å²) in [5.41, 5.74) is -3.92. The first kappa shape index (κ1) is 14.9. The Balaban J connectivity index is 3.21. The zero-order valence-corrected chi connectivity index (χ0v) is 8.21. The Kier molecular flexibility index (Phi) is 3.48. The minimum Gasteiger partial charge on any atom is -0.170 e. The van der Waals surface area contributed by atoms with Crippen molar-refractivity contribution in [2.75, 3.05) is 0 Å². The van der Waals surface area contributed by atoms with Crippen LogP contribution in [0.3, 0.4) is 0 Å². The van der Waals surface area contributed by atoms with Gasteiger partial charge in [0.15, 0.2) is 0 Å². The van der Waals surface area contributed by atoms with Gasteiger partial charge in [-0.05, 0) is 6.08 Å². The van der Waals surface area contributed by atoms with Crippen LogP contribution in [0.2, 0.25) is 0 Å². The molecule has 0 N–H and O–H groups in total. The normalized spacial score (nSPS) is 22.6. The molecule has 0 nitrogen and oxygen atoms in total. The van der Waals surface area contributed by atoms with Crippen molar-refractivity contribution in [3.8, 4) is 0 Å². The number of allylic oxidation sites excluding steroid dienone is 4. The van der Waals surface area contributed by atoms with Crippen LogP contribution in [0.1, 0.15) is 0 Å². The van der Waals surface area contributed by atoms with Gasteiger partial charge >= 0.3 is 18.5 Å². The molecule has 103 valence electrons. The van der Waals surface area contributed by atoms with Crippen LogP contribution in [0.4, 0.5) is 39.5 Å². The summed E-state index contributed by atoms with van der Waals surface area (Å²) in [6.45, 7) is 0. The quantitative estimate of drug-likeness (QED) is 0.579. The lowest BCUT2D eigenvalue weighted by Gasteiger charge is -2.25. The average Bonchev–Trinajstić information content (AvgIpc) is 2.13. The molecule has 1 radical (unpaired) electrons. The minimum atomic E-state index is -5.27. The first-order valence-electron chi connectivity index (χ1n) is 4.31. The van der Waals surface area contributed by atoms with E-state index in [4.69, 9.17) is 0 Å². The van der Waals surface area contributed by atoms with Crippen molar-refractivity contribution in [1.29, 1.82) is 0 Å². The molecule has 1 atom stereocenters. The van der Waals surface area contributed by atoms with Crippen molar-refractivity contribution in [3.05, 3.63) is 29.7 Å². The molecule has 0 amide bonds. The van der Waals surface area contributed by atoms with Crippen LogP contribution < -0.4 is 0 Å². The van der Waals surface area contributed by atoms with E-state index in [0.717, 1.165) is 0 Å². The largest absolute Gasteiger partial charge is 0.416 e. The predicted molar refractivity (Wildman–Crippen MR) is 42.1 cm³/mol. The zero-order valence-electron chi connectivity index (χ0n) is 8.21. The summed E-state index contributed by atoms with van der Waals surface area (Å²) in [6.07, 6.45) is -16.7. The van der Waals surface area contributed by atoms with E-state index in [9.17, 15) is 39.5 Å². The Labute approximate surface area is 94.8 Å². The molecule has 1 rings (SSSR count).